The minimum atomic E-state index is -0.956. The van der Waals surface area contributed by atoms with Crippen LogP contribution in [0, 0.1) is 0 Å². The monoisotopic (exact) mass is 305 g/mol. The lowest BCUT2D eigenvalue weighted by Gasteiger charge is -1.99. The van der Waals surface area contributed by atoms with Crippen molar-refractivity contribution in [2.24, 2.45) is 7.05 Å². The Labute approximate surface area is 133 Å². The van der Waals surface area contributed by atoms with Crippen LogP contribution in [0.25, 0.3) is 23.3 Å². The predicted octanol–water partition coefficient (Wildman–Crippen LogP) is 3.35. The number of aromatic nitrogens is 3. The number of carboxylic acids is 1. The van der Waals surface area contributed by atoms with Gasteiger partial charge in [-0.15, -0.1) is 0 Å². The molecular formula is C18H15N3O2. The van der Waals surface area contributed by atoms with Crippen LogP contribution in [-0.4, -0.2) is 25.8 Å². The van der Waals surface area contributed by atoms with Crippen molar-refractivity contribution in [2.75, 3.05) is 0 Å². The summed E-state index contributed by atoms with van der Waals surface area (Å²) >= 11 is 0. The molecule has 23 heavy (non-hydrogen) atoms. The topological polar surface area (TPSA) is 68.0 Å². The first-order chi connectivity index (χ1) is 11.1. The van der Waals surface area contributed by atoms with E-state index < -0.39 is 5.97 Å². The molecule has 2 heterocycles. The summed E-state index contributed by atoms with van der Waals surface area (Å²) in [7, 11) is 1.89. The van der Waals surface area contributed by atoms with Crippen LogP contribution >= 0.6 is 0 Å². The Hall–Kier alpha value is -3.21. The Morgan fingerprint density at radius 3 is 2.57 bits per heavy atom. The molecule has 1 N–H and O–H groups in total. The average Bonchev–Trinajstić information content (AvgIpc) is 3.00. The van der Waals surface area contributed by atoms with Crippen molar-refractivity contribution in [1.29, 1.82) is 0 Å². The molecule has 3 rings (SSSR count). The molecule has 0 saturated heterocycles. The van der Waals surface area contributed by atoms with E-state index >= 15 is 0 Å². The molecule has 3 aromatic rings. The van der Waals surface area contributed by atoms with Crippen LogP contribution in [0.1, 0.15) is 21.6 Å². The zero-order valence-electron chi connectivity index (χ0n) is 12.5. The molecule has 0 spiro atoms. The van der Waals surface area contributed by atoms with Gasteiger partial charge in [0, 0.05) is 25.0 Å². The molecule has 0 aliphatic carbocycles. The largest absolute Gasteiger partial charge is 0.478 e. The molecule has 0 aliphatic rings. The second-order valence-electron chi connectivity index (χ2n) is 5.13. The van der Waals surface area contributed by atoms with E-state index in [1.165, 1.54) is 12.3 Å². The van der Waals surface area contributed by atoms with Crippen LogP contribution in [0.15, 0.2) is 55.0 Å². The average molecular weight is 305 g/mol. The molecule has 1 aromatic carbocycles. The highest BCUT2D eigenvalue weighted by Gasteiger charge is 2.02. The number of carboxylic acid groups (broad SMARTS) is 1. The molecule has 5 nitrogen and oxygen atoms in total. The van der Waals surface area contributed by atoms with Crippen LogP contribution in [0.2, 0.25) is 0 Å². The van der Waals surface area contributed by atoms with E-state index in [-0.39, 0.29) is 5.56 Å². The zero-order valence-corrected chi connectivity index (χ0v) is 12.5. The molecular weight excluding hydrogens is 290 g/mol. The van der Waals surface area contributed by atoms with Gasteiger partial charge in [-0.3, -0.25) is 9.67 Å². The smallest absolute Gasteiger partial charge is 0.335 e. The molecule has 0 aliphatic heterocycles. The number of carbonyl (C=O) groups is 1. The third kappa shape index (κ3) is 3.52. The Balaban J connectivity index is 1.78. The lowest BCUT2D eigenvalue weighted by atomic mass is 10.1. The second-order valence-corrected chi connectivity index (χ2v) is 5.13. The van der Waals surface area contributed by atoms with Gasteiger partial charge in [0.15, 0.2) is 0 Å². The van der Waals surface area contributed by atoms with Crippen molar-refractivity contribution in [2.45, 2.75) is 0 Å². The van der Waals surface area contributed by atoms with Crippen molar-refractivity contribution in [3.63, 3.8) is 0 Å². The third-order valence-electron chi connectivity index (χ3n) is 3.42. The summed E-state index contributed by atoms with van der Waals surface area (Å²) in [4.78, 5) is 15.1. The summed E-state index contributed by atoms with van der Waals surface area (Å²) in [6.45, 7) is 0. The summed E-state index contributed by atoms with van der Waals surface area (Å²) in [5.41, 5.74) is 4.02. The van der Waals surface area contributed by atoms with Crippen molar-refractivity contribution in [1.82, 2.24) is 14.8 Å². The van der Waals surface area contributed by atoms with Crippen LogP contribution in [0.3, 0.4) is 0 Å². The SMILES string of the molecule is Cn1cc(-c2ccc(/C=C/c3cc(C(=O)O)ccn3)cc2)cn1. The Morgan fingerprint density at radius 1 is 1.13 bits per heavy atom. The van der Waals surface area contributed by atoms with Crippen molar-refractivity contribution < 1.29 is 9.90 Å². The van der Waals surface area contributed by atoms with Gasteiger partial charge in [-0.1, -0.05) is 30.3 Å². The minimum absolute atomic E-state index is 0.228. The van der Waals surface area contributed by atoms with Gasteiger partial charge in [-0.2, -0.15) is 5.10 Å². The Morgan fingerprint density at radius 2 is 1.91 bits per heavy atom. The number of pyridine rings is 1. The van der Waals surface area contributed by atoms with Crippen LogP contribution in [-0.2, 0) is 7.05 Å². The summed E-state index contributed by atoms with van der Waals surface area (Å²) in [5, 5.41) is 13.1. The molecule has 2 aromatic heterocycles. The lowest BCUT2D eigenvalue weighted by molar-refractivity contribution is 0.0696. The maximum absolute atomic E-state index is 10.9. The minimum Gasteiger partial charge on any atom is -0.478 e. The van der Waals surface area contributed by atoms with Crippen LogP contribution < -0.4 is 0 Å². The van der Waals surface area contributed by atoms with E-state index in [9.17, 15) is 4.79 Å². The molecule has 0 unspecified atom stereocenters. The van der Waals surface area contributed by atoms with Gasteiger partial charge in [-0.25, -0.2) is 4.79 Å². The van der Waals surface area contributed by atoms with E-state index in [0.29, 0.717) is 5.69 Å². The summed E-state index contributed by atoms with van der Waals surface area (Å²) in [5.74, 6) is -0.956. The number of aromatic carboxylic acids is 1. The third-order valence-corrected chi connectivity index (χ3v) is 3.42. The molecule has 0 atom stereocenters. The van der Waals surface area contributed by atoms with Crippen LogP contribution in [0.5, 0.6) is 0 Å². The fourth-order valence-corrected chi connectivity index (χ4v) is 2.21. The first kappa shape index (κ1) is 14.7. The summed E-state index contributed by atoms with van der Waals surface area (Å²) in [6, 6.07) is 11.1. The van der Waals surface area contributed by atoms with Crippen molar-refractivity contribution >= 4 is 18.1 Å². The van der Waals surface area contributed by atoms with Crippen LogP contribution in [0.4, 0.5) is 0 Å². The fourth-order valence-electron chi connectivity index (χ4n) is 2.21. The number of hydrogen-bond acceptors (Lipinski definition) is 3. The number of aryl methyl sites for hydroxylation is 1. The number of nitrogens with zero attached hydrogens (tertiary/aromatic N) is 3. The first-order valence-electron chi connectivity index (χ1n) is 7.08. The standard InChI is InChI=1S/C18H15N3O2/c1-21-12-16(11-20-21)14-5-2-13(3-6-14)4-7-17-10-15(18(22)23)8-9-19-17/h2-12H,1H3,(H,22,23)/b7-4+. The Bertz CT molecular complexity index is 864. The predicted molar refractivity (Wildman–Crippen MR) is 88.8 cm³/mol. The maximum Gasteiger partial charge on any atom is 0.335 e. The van der Waals surface area contributed by atoms with E-state index in [1.54, 1.807) is 16.8 Å². The molecule has 114 valence electrons. The van der Waals surface area contributed by atoms with E-state index in [0.717, 1.165) is 16.7 Å². The molecule has 0 radical (unpaired) electrons. The normalized spacial score (nSPS) is 11.0. The van der Waals surface area contributed by atoms with Gasteiger partial charge >= 0.3 is 5.97 Å². The van der Waals surface area contributed by atoms with Gasteiger partial charge in [0.25, 0.3) is 0 Å². The second kappa shape index (κ2) is 6.27. The highest BCUT2D eigenvalue weighted by molar-refractivity contribution is 5.88. The fraction of sp³-hybridized carbons (Fsp3) is 0.0556. The number of benzene rings is 1. The summed E-state index contributed by atoms with van der Waals surface area (Å²) < 4.78 is 1.77. The molecule has 0 saturated carbocycles. The Kier molecular flexibility index (Phi) is 4.01. The molecule has 5 heteroatoms. The van der Waals surface area contributed by atoms with E-state index in [2.05, 4.69) is 10.1 Å². The maximum atomic E-state index is 10.9. The number of hydrogen-bond donors (Lipinski definition) is 1. The van der Waals surface area contributed by atoms with Gasteiger partial charge < -0.3 is 5.11 Å². The van der Waals surface area contributed by atoms with E-state index in [4.69, 9.17) is 5.11 Å². The van der Waals surface area contributed by atoms with Crippen molar-refractivity contribution in [3.05, 3.63) is 71.8 Å². The molecule has 0 amide bonds. The van der Waals surface area contributed by atoms with E-state index in [1.807, 2.05) is 49.8 Å². The highest BCUT2D eigenvalue weighted by Crippen LogP contribution is 2.19. The number of rotatable bonds is 4. The molecule has 0 fully saturated rings. The highest BCUT2D eigenvalue weighted by atomic mass is 16.4. The van der Waals surface area contributed by atoms with Gasteiger partial charge in [0.05, 0.1) is 17.5 Å². The zero-order chi connectivity index (χ0) is 16.2. The lowest BCUT2D eigenvalue weighted by Crippen LogP contribution is -1.96. The van der Waals surface area contributed by atoms with Gasteiger partial charge in [0.2, 0.25) is 0 Å². The quantitative estimate of drug-likeness (QED) is 0.802. The van der Waals surface area contributed by atoms with Gasteiger partial charge in [0.1, 0.15) is 0 Å². The van der Waals surface area contributed by atoms with Crippen molar-refractivity contribution in [3.8, 4) is 11.1 Å². The van der Waals surface area contributed by atoms with Gasteiger partial charge in [-0.05, 0) is 29.3 Å². The first-order valence-corrected chi connectivity index (χ1v) is 7.08. The summed E-state index contributed by atoms with van der Waals surface area (Å²) in [6.07, 6.45) is 8.99. The molecule has 0 bridgehead atoms.